The summed E-state index contributed by atoms with van der Waals surface area (Å²) < 4.78 is 5.43. The molecule has 4 nitrogen and oxygen atoms in total. The van der Waals surface area contributed by atoms with Crippen molar-refractivity contribution in [1.82, 2.24) is 10.1 Å². The summed E-state index contributed by atoms with van der Waals surface area (Å²) in [7, 11) is 0. The molecule has 3 unspecified atom stereocenters. The van der Waals surface area contributed by atoms with Crippen LogP contribution in [0.3, 0.4) is 0 Å². The summed E-state index contributed by atoms with van der Waals surface area (Å²) >= 11 is 0. The number of hydrogen-bond donors (Lipinski definition) is 1. The molecule has 0 aromatic carbocycles. The second-order valence-corrected chi connectivity index (χ2v) is 6.30. The highest BCUT2D eigenvalue weighted by Crippen LogP contribution is 2.44. The molecule has 2 fully saturated rings. The molecule has 1 heterocycles. The molecule has 0 spiro atoms. The van der Waals surface area contributed by atoms with Gasteiger partial charge >= 0.3 is 0 Å². The molecule has 0 bridgehead atoms. The van der Waals surface area contributed by atoms with Crippen molar-refractivity contribution in [3.05, 3.63) is 11.7 Å². The molecule has 2 aliphatic carbocycles. The van der Waals surface area contributed by atoms with E-state index < -0.39 is 5.54 Å². The van der Waals surface area contributed by atoms with Crippen LogP contribution in [0.1, 0.15) is 70.0 Å². The first-order valence-corrected chi connectivity index (χ1v) is 7.24. The zero-order valence-electron chi connectivity index (χ0n) is 11.4. The van der Waals surface area contributed by atoms with E-state index in [4.69, 9.17) is 10.3 Å². The van der Waals surface area contributed by atoms with Crippen LogP contribution in [-0.4, -0.2) is 10.1 Å². The maximum Gasteiger partial charge on any atom is 0.246 e. The van der Waals surface area contributed by atoms with Gasteiger partial charge < -0.3 is 10.3 Å². The number of hydrogen-bond acceptors (Lipinski definition) is 4. The van der Waals surface area contributed by atoms with Crippen LogP contribution in [0, 0.1) is 11.8 Å². The molecule has 4 heteroatoms. The van der Waals surface area contributed by atoms with E-state index in [1.54, 1.807) is 0 Å². The van der Waals surface area contributed by atoms with Crippen molar-refractivity contribution in [2.24, 2.45) is 17.6 Å². The SMILES string of the molecule is CCC1CCC(c2noc(C(C)(N)C3CC3)n2)C1. The predicted octanol–water partition coefficient (Wildman–Crippen LogP) is 2.95. The summed E-state index contributed by atoms with van der Waals surface area (Å²) in [6.45, 7) is 4.28. The first-order chi connectivity index (χ1) is 8.61. The van der Waals surface area contributed by atoms with E-state index >= 15 is 0 Å². The van der Waals surface area contributed by atoms with Gasteiger partial charge in [-0.1, -0.05) is 18.5 Å². The third kappa shape index (κ3) is 2.07. The van der Waals surface area contributed by atoms with E-state index in [1.807, 2.05) is 6.92 Å². The molecule has 2 saturated carbocycles. The van der Waals surface area contributed by atoms with Crippen molar-refractivity contribution in [3.8, 4) is 0 Å². The van der Waals surface area contributed by atoms with Gasteiger partial charge in [-0.05, 0) is 50.9 Å². The van der Waals surface area contributed by atoms with Crippen molar-refractivity contribution in [3.63, 3.8) is 0 Å². The van der Waals surface area contributed by atoms with Gasteiger partial charge in [-0.15, -0.1) is 0 Å². The van der Waals surface area contributed by atoms with Crippen LogP contribution in [0.4, 0.5) is 0 Å². The zero-order valence-corrected chi connectivity index (χ0v) is 11.4. The van der Waals surface area contributed by atoms with Gasteiger partial charge in [0.2, 0.25) is 5.89 Å². The van der Waals surface area contributed by atoms with Crippen LogP contribution >= 0.6 is 0 Å². The first kappa shape index (κ1) is 12.2. The van der Waals surface area contributed by atoms with Gasteiger partial charge in [0, 0.05) is 5.92 Å². The lowest BCUT2D eigenvalue weighted by atomic mass is 9.97. The highest BCUT2D eigenvalue weighted by molar-refractivity contribution is 5.09. The fourth-order valence-electron chi connectivity index (χ4n) is 3.16. The van der Waals surface area contributed by atoms with Gasteiger partial charge in [-0.2, -0.15) is 4.98 Å². The average Bonchev–Trinajstić information content (AvgIpc) is 2.93. The summed E-state index contributed by atoms with van der Waals surface area (Å²) in [6.07, 6.45) is 7.34. The second kappa shape index (κ2) is 4.34. The Morgan fingerprint density at radius 1 is 1.33 bits per heavy atom. The Bertz CT molecular complexity index is 422. The topological polar surface area (TPSA) is 64.9 Å². The lowest BCUT2D eigenvalue weighted by molar-refractivity contribution is 0.271. The number of nitrogens with zero attached hydrogens (tertiary/aromatic N) is 2. The Kier molecular flexibility index (Phi) is 2.93. The van der Waals surface area contributed by atoms with Gasteiger partial charge in [0.1, 0.15) is 0 Å². The maximum absolute atomic E-state index is 6.31. The Balaban J connectivity index is 1.73. The summed E-state index contributed by atoms with van der Waals surface area (Å²) in [5.41, 5.74) is 5.89. The van der Waals surface area contributed by atoms with Crippen molar-refractivity contribution in [2.45, 2.75) is 63.8 Å². The predicted molar refractivity (Wildman–Crippen MR) is 68.9 cm³/mol. The number of rotatable bonds is 4. The molecule has 3 atom stereocenters. The summed E-state index contributed by atoms with van der Waals surface area (Å²) in [5, 5.41) is 4.18. The molecule has 2 N–H and O–H groups in total. The van der Waals surface area contributed by atoms with Gasteiger partial charge in [0.05, 0.1) is 5.54 Å². The minimum Gasteiger partial charge on any atom is -0.337 e. The standard InChI is InChI=1S/C14H23N3O/c1-3-9-4-5-10(8-9)12-16-13(18-17-12)14(2,15)11-6-7-11/h9-11H,3-8,15H2,1-2H3. The van der Waals surface area contributed by atoms with Crippen LogP contribution in [0.5, 0.6) is 0 Å². The van der Waals surface area contributed by atoms with E-state index in [0.29, 0.717) is 17.7 Å². The minimum atomic E-state index is -0.423. The van der Waals surface area contributed by atoms with Gasteiger partial charge in [0.15, 0.2) is 5.82 Å². The zero-order chi connectivity index (χ0) is 12.8. The molecule has 18 heavy (non-hydrogen) atoms. The highest BCUT2D eigenvalue weighted by Gasteiger charge is 2.44. The largest absolute Gasteiger partial charge is 0.337 e. The van der Waals surface area contributed by atoms with Gasteiger partial charge in [-0.25, -0.2) is 0 Å². The summed E-state index contributed by atoms with van der Waals surface area (Å²) in [4.78, 5) is 4.59. The van der Waals surface area contributed by atoms with Crippen LogP contribution in [0.25, 0.3) is 0 Å². The molecule has 1 aromatic rings. The molecule has 1 aromatic heterocycles. The van der Waals surface area contributed by atoms with Crippen molar-refractivity contribution < 1.29 is 4.52 Å². The molecule has 0 amide bonds. The van der Waals surface area contributed by atoms with Gasteiger partial charge in [-0.3, -0.25) is 0 Å². The Morgan fingerprint density at radius 3 is 2.72 bits per heavy atom. The van der Waals surface area contributed by atoms with E-state index in [0.717, 1.165) is 11.7 Å². The van der Waals surface area contributed by atoms with E-state index in [1.165, 1.54) is 38.5 Å². The van der Waals surface area contributed by atoms with Crippen LogP contribution in [0.15, 0.2) is 4.52 Å². The van der Waals surface area contributed by atoms with Crippen molar-refractivity contribution >= 4 is 0 Å². The number of nitrogens with two attached hydrogens (primary N) is 1. The smallest absolute Gasteiger partial charge is 0.246 e. The molecule has 0 aliphatic heterocycles. The molecule has 3 rings (SSSR count). The molecular formula is C14H23N3O. The van der Waals surface area contributed by atoms with E-state index in [-0.39, 0.29) is 0 Å². The summed E-state index contributed by atoms with van der Waals surface area (Å²) in [5.74, 6) is 3.38. The van der Waals surface area contributed by atoms with Crippen LogP contribution in [0.2, 0.25) is 0 Å². The third-order valence-corrected chi connectivity index (χ3v) is 4.81. The Hall–Kier alpha value is -0.900. The third-order valence-electron chi connectivity index (χ3n) is 4.81. The molecular weight excluding hydrogens is 226 g/mol. The maximum atomic E-state index is 6.31. The normalized spacial score (nSPS) is 31.5. The Morgan fingerprint density at radius 2 is 2.11 bits per heavy atom. The van der Waals surface area contributed by atoms with Crippen LogP contribution < -0.4 is 5.73 Å². The van der Waals surface area contributed by atoms with Crippen molar-refractivity contribution in [1.29, 1.82) is 0 Å². The second-order valence-electron chi connectivity index (χ2n) is 6.30. The summed E-state index contributed by atoms with van der Waals surface area (Å²) in [6, 6.07) is 0. The fraction of sp³-hybridized carbons (Fsp3) is 0.857. The quantitative estimate of drug-likeness (QED) is 0.891. The lowest BCUT2D eigenvalue weighted by Crippen LogP contribution is -2.35. The lowest BCUT2D eigenvalue weighted by Gasteiger charge is -2.18. The van der Waals surface area contributed by atoms with Crippen LogP contribution in [-0.2, 0) is 5.54 Å². The van der Waals surface area contributed by atoms with Crippen molar-refractivity contribution in [2.75, 3.05) is 0 Å². The van der Waals surface area contributed by atoms with Gasteiger partial charge in [0.25, 0.3) is 0 Å². The monoisotopic (exact) mass is 249 g/mol. The molecule has 0 radical (unpaired) electrons. The van der Waals surface area contributed by atoms with E-state index in [9.17, 15) is 0 Å². The molecule has 2 aliphatic rings. The average molecular weight is 249 g/mol. The molecule has 100 valence electrons. The first-order valence-electron chi connectivity index (χ1n) is 7.24. The Labute approximate surface area is 108 Å². The molecule has 0 saturated heterocycles. The fourth-order valence-corrected chi connectivity index (χ4v) is 3.16. The minimum absolute atomic E-state index is 0.423. The number of aromatic nitrogens is 2. The highest BCUT2D eigenvalue weighted by atomic mass is 16.5. The van der Waals surface area contributed by atoms with E-state index in [2.05, 4.69) is 17.1 Å².